The van der Waals surface area contributed by atoms with Gasteiger partial charge in [-0.05, 0) is 17.2 Å². The molecule has 3 rings (SSSR count). The molecule has 158 valence electrons. The first-order valence-electron chi connectivity index (χ1n) is 8.90. The van der Waals surface area contributed by atoms with Crippen LogP contribution in [0, 0.1) is 0 Å². The van der Waals surface area contributed by atoms with Crippen molar-refractivity contribution in [2.45, 2.75) is 37.9 Å². The Balaban J connectivity index is 1.60. The van der Waals surface area contributed by atoms with Crippen molar-refractivity contribution < 1.29 is 28.7 Å². The van der Waals surface area contributed by atoms with Crippen molar-refractivity contribution in [2.75, 3.05) is 11.9 Å². The van der Waals surface area contributed by atoms with E-state index in [1.807, 2.05) is 24.3 Å². The molecule has 2 aromatic rings. The molecule has 6 N–H and O–H groups in total. The molecule has 0 amide bonds. The maximum absolute atomic E-state index is 12.3. The number of nitrogens with one attached hydrogen (secondary N) is 1. The number of benzene rings is 1. The molecule has 2 heterocycles. The summed E-state index contributed by atoms with van der Waals surface area (Å²) < 4.78 is 21.9. The van der Waals surface area contributed by atoms with Gasteiger partial charge in [0, 0.05) is 25.7 Å². The SMILES string of the molecule is NCc1ccc(CNc2ccn([C@H]3C[C@H](O)[C@@H](COP(=O)(O)O)O3)c(=O)n2)cc1. The fourth-order valence-corrected chi connectivity index (χ4v) is 3.26. The van der Waals surface area contributed by atoms with Crippen molar-refractivity contribution in [2.24, 2.45) is 5.73 Å². The smallest absolute Gasteiger partial charge is 0.390 e. The molecule has 0 spiro atoms. The number of nitrogens with zero attached hydrogens (tertiary/aromatic N) is 2. The van der Waals surface area contributed by atoms with Crippen LogP contribution in [0.3, 0.4) is 0 Å². The summed E-state index contributed by atoms with van der Waals surface area (Å²) in [7, 11) is -4.68. The van der Waals surface area contributed by atoms with E-state index < -0.39 is 38.6 Å². The lowest BCUT2D eigenvalue weighted by atomic mass is 10.1. The van der Waals surface area contributed by atoms with E-state index >= 15 is 0 Å². The van der Waals surface area contributed by atoms with Crippen LogP contribution in [0.15, 0.2) is 41.3 Å². The van der Waals surface area contributed by atoms with Crippen LogP contribution in [0.2, 0.25) is 0 Å². The molecular formula is C17H23N4O7P. The summed E-state index contributed by atoms with van der Waals surface area (Å²) in [5.74, 6) is 0.383. The molecule has 3 atom stereocenters. The lowest BCUT2D eigenvalue weighted by molar-refractivity contribution is -0.0450. The van der Waals surface area contributed by atoms with Crippen LogP contribution in [-0.4, -0.2) is 43.3 Å². The number of aliphatic hydroxyl groups is 1. The minimum atomic E-state index is -4.68. The molecule has 0 bridgehead atoms. The van der Waals surface area contributed by atoms with Gasteiger partial charge < -0.3 is 30.7 Å². The van der Waals surface area contributed by atoms with Gasteiger partial charge in [-0.2, -0.15) is 4.98 Å². The van der Waals surface area contributed by atoms with Crippen molar-refractivity contribution in [3.8, 4) is 0 Å². The second-order valence-electron chi connectivity index (χ2n) is 6.60. The number of anilines is 1. The number of rotatable bonds is 8. The number of nitrogens with two attached hydrogens (primary N) is 1. The topological polar surface area (TPSA) is 169 Å². The van der Waals surface area contributed by atoms with Crippen LogP contribution in [0.1, 0.15) is 23.8 Å². The van der Waals surface area contributed by atoms with E-state index in [1.54, 1.807) is 6.07 Å². The zero-order chi connectivity index (χ0) is 21.0. The van der Waals surface area contributed by atoms with Gasteiger partial charge in [0.2, 0.25) is 0 Å². The Kier molecular flexibility index (Phi) is 6.81. The summed E-state index contributed by atoms with van der Waals surface area (Å²) in [6.07, 6.45) is -1.26. The zero-order valence-corrected chi connectivity index (χ0v) is 16.3. The van der Waals surface area contributed by atoms with E-state index in [0.29, 0.717) is 18.9 Å². The van der Waals surface area contributed by atoms with Gasteiger partial charge in [-0.1, -0.05) is 24.3 Å². The van der Waals surface area contributed by atoms with Crippen molar-refractivity contribution in [3.05, 3.63) is 58.1 Å². The van der Waals surface area contributed by atoms with Gasteiger partial charge >= 0.3 is 13.5 Å². The molecule has 0 saturated carbocycles. The average molecular weight is 426 g/mol. The minimum Gasteiger partial charge on any atom is -0.390 e. The lowest BCUT2D eigenvalue weighted by Crippen LogP contribution is -2.28. The van der Waals surface area contributed by atoms with Crippen molar-refractivity contribution >= 4 is 13.6 Å². The van der Waals surface area contributed by atoms with E-state index in [-0.39, 0.29) is 6.42 Å². The van der Waals surface area contributed by atoms with Gasteiger partial charge in [0.25, 0.3) is 0 Å². The minimum absolute atomic E-state index is 0.0665. The van der Waals surface area contributed by atoms with Crippen molar-refractivity contribution in [1.29, 1.82) is 0 Å². The number of hydrogen-bond donors (Lipinski definition) is 5. The summed E-state index contributed by atoms with van der Waals surface area (Å²) >= 11 is 0. The van der Waals surface area contributed by atoms with E-state index in [2.05, 4.69) is 14.8 Å². The van der Waals surface area contributed by atoms with Crippen LogP contribution in [0.4, 0.5) is 5.82 Å². The van der Waals surface area contributed by atoms with Gasteiger partial charge in [0.1, 0.15) is 18.1 Å². The highest BCUT2D eigenvalue weighted by Crippen LogP contribution is 2.38. The van der Waals surface area contributed by atoms with Crippen molar-refractivity contribution in [3.63, 3.8) is 0 Å². The van der Waals surface area contributed by atoms with Gasteiger partial charge in [-0.3, -0.25) is 9.09 Å². The van der Waals surface area contributed by atoms with E-state index in [4.69, 9.17) is 20.3 Å². The maximum atomic E-state index is 12.3. The standard InChI is InChI=1S/C17H23N4O7P/c18-8-11-1-3-12(4-2-11)9-19-15-5-6-21(17(23)20-15)16-7-13(22)14(28-16)10-27-29(24,25)26/h1-6,13-14,16,22H,7-10,18H2,(H,19,20,23)(H2,24,25,26)/t13-,14+,16+/m0/s1. The van der Waals surface area contributed by atoms with Crippen LogP contribution in [-0.2, 0) is 26.9 Å². The molecule has 1 fully saturated rings. The molecule has 12 heteroatoms. The fraction of sp³-hybridized carbons (Fsp3) is 0.412. The third-order valence-electron chi connectivity index (χ3n) is 4.48. The Morgan fingerprint density at radius 2 is 1.97 bits per heavy atom. The number of phosphoric acid groups is 1. The molecule has 1 aromatic carbocycles. The van der Waals surface area contributed by atoms with E-state index in [1.165, 1.54) is 10.8 Å². The summed E-state index contributed by atoms with van der Waals surface area (Å²) in [5, 5.41) is 13.1. The first-order chi connectivity index (χ1) is 13.7. The highest BCUT2D eigenvalue weighted by molar-refractivity contribution is 7.46. The number of aliphatic hydroxyl groups excluding tert-OH is 1. The second kappa shape index (κ2) is 9.14. The molecular weight excluding hydrogens is 403 g/mol. The molecule has 1 aliphatic heterocycles. The molecule has 1 saturated heterocycles. The third kappa shape index (κ3) is 5.94. The monoisotopic (exact) mass is 426 g/mol. The average Bonchev–Trinajstić information content (AvgIpc) is 3.05. The molecule has 11 nitrogen and oxygen atoms in total. The predicted molar refractivity (Wildman–Crippen MR) is 103 cm³/mol. The van der Waals surface area contributed by atoms with Crippen LogP contribution in [0.5, 0.6) is 0 Å². The highest BCUT2D eigenvalue weighted by Gasteiger charge is 2.37. The van der Waals surface area contributed by atoms with Crippen molar-refractivity contribution in [1.82, 2.24) is 9.55 Å². The Morgan fingerprint density at radius 3 is 2.59 bits per heavy atom. The third-order valence-corrected chi connectivity index (χ3v) is 4.97. The number of aromatic nitrogens is 2. The Bertz CT molecular complexity index is 930. The van der Waals surface area contributed by atoms with E-state index in [9.17, 15) is 14.5 Å². The van der Waals surface area contributed by atoms with Gasteiger partial charge in [0.05, 0.1) is 12.7 Å². The predicted octanol–water partition coefficient (Wildman–Crippen LogP) is 0.0718. The summed E-state index contributed by atoms with van der Waals surface area (Å²) in [4.78, 5) is 33.8. The summed E-state index contributed by atoms with van der Waals surface area (Å²) in [6, 6.07) is 9.33. The number of ether oxygens (including phenoxy) is 1. The summed E-state index contributed by atoms with van der Waals surface area (Å²) in [6.45, 7) is 0.451. The molecule has 0 aliphatic carbocycles. The quantitative estimate of drug-likeness (QED) is 0.364. The van der Waals surface area contributed by atoms with Gasteiger partial charge in [-0.25, -0.2) is 9.36 Å². The Morgan fingerprint density at radius 1 is 1.28 bits per heavy atom. The normalized spacial score (nSPS) is 22.0. The lowest BCUT2D eigenvalue weighted by Gasteiger charge is -2.16. The second-order valence-corrected chi connectivity index (χ2v) is 7.83. The van der Waals surface area contributed by atoms with E-state index in [0.717, 1.165) is 11.1 Å². The van der Waals surface area contributed by atoms with Crippen LogP contribution in [0.25, 0.3) is 0 Å². The largest absolute Gasteiger partial charge is 0.469 e. The molecule has 1 aliphatic rings. The molecule has 1 aromatic heterocycles. The molecule has 0 unspecified atom stereocenters. The van der Waals surface area contributed by atoms with Gasteiger partial charge in [-0.15, -0.1) is 0 Å². The Hall–Kier alpha value is -2.11. The fourth-order valence-electron chi connectivity index (χ4n) is 2.92. The first kappa shape index (κ1) is 21.6. The zero-order valence-electron chi connectivity index (χ0n) is 15.4. The van der Waals surface area contributed by atoms with Crippen LogP contribution < -0.4 is 16.7 Å². The highest BCUT2D eigenvalue weighted by atomic mass is 31.2. The molecule has 29 heavy (non-hydrogen) atoms. The van der Waals surface area contributed by atoms with Crippen LogP contribution >= 0.6 is 7.82 Å². The Labute approximate surface area is 166 Å². The maximum Gasteiger partial charge on any atom is 0.469 e. The summed E-state index contributed by atoms with van der Waals surface area (Å²) in [5.41, 5.74) is 7.02. The number of phosphoric ester groups is 1. The first-order valence-corrected chi connectivity index (χ1v) is 10.4. The number of hydrogen-bond acceptors (Lipinski definition) is 8. The molecule has 0 radical (unpaired) electrons. The van der Waals surface area contributed by atoms with Gasteiger partial charge in [0.15, 0.2) is 0 Å².